The number of likely N-dealkylation sites (tertiary alicyclic amines) is 1. The molecule has 0 unspecified atom stereocenters. The molecule has 0 saturated carbocycles. The number of benzene rings is 2. The van der Waals surface area contributed by atoms with Gasteiger partial charge in [0.2, 0.25) is 5.95 Å². The van der Waals surface area contributed by atoms with Crippen molar-refractivity contribution in [3.05, 3.63) is 103 Å². The monoisotopic (exact) mass is 429 g/mol. The van der Waals surface area contributed by atoms with E-state index in [1.807, 2.05) is 12.1 Å². The topological polar surface area (TPSA) is 21.1 Å². The second-order valence-electron chi connectivity index (χ2n) is 8.35. The van der Waals surface area contributed by atoms with Crippen molar-refractivity contribution in [2.24, 2.45) is 0 Å². The Labute approximate surface area is 187 Å². The summed E-state index contributed by atoms with van der Waals surface area (Å²) in [5.41, 5.74) is 4.97. The van der Waals surface area contributed by atoms with Gasteiger partial charge in [0.1, 0.15) is 5.82 Å². The van der Waals surface area contributed by atoms with Crippen LogP contribution in [-0.4, -0.2) is 27.5 Å². The summed E-state index contributed by atoms with van der Waals surface area (Å²) < 4.78 is 29.8. The number of hydrogen-bond donors (Lipinski definition) is 0. The lowest BCUT2D eigenvalue weighted by molar-refractivity contribution is 0.180. The molecule has 3 nitrogen and oxygen atoms in total. The normalized spacial score (nSPS) is 15.2. The van der Waals surface area contributed by atoms with Crippen molar-refractivity contribution in [2.75, 3.05) is 13.1 Å². The average molecular weight is 430 g/mol. The van der Waals surface area contributed by atoms with Crippen molar-refractivity contribution in [3.63, 3.8) is 0 Å². The Morgan fingerprint density at radius 1 is 0.844 bits per heavy atom. The molecular formula is C27H25F2N3. The molecular weight excluding hydrogens is 404 g/mol. The first-order chi connectivity index (χ1) is 15.7. The Morgan fingerprint density at radius 2 is 1.59 bits per heavy atom. The average Bonchev–Trinajstić information content (AvgIpc) is 3.26. The van der Waals surface area contributed by atoms with Gasteiger partial charge in [0.05, 0.1) is 5.69 Å². The zero-order valence-corrected chi connectivity index (χ0v) is 17.8. The van der Waals surface area contributed by atoms with Crippen molar-refractivity contribution in [1.82, 2.24) is 14.5 Å². The summed E-state index contributed by atoms with van der Waals surface area (Å²) in [6, 6.07) is 22.7. The van der Waals surface area contributed by atoms with E-state index in [2.05, 4.69) is 51.0 Å². The first-order valence-electron chi connectivity index (χ1n) is 11.0. The molecule has 4 aromatic rings. The summed E-state index contributed by atoms with van der Waals surface area (Å²) in [5.74, 6) is -0.770. The zero-order valence-electron chi connectivity index (χ0n) is 17.8. The summed E-state index contributed by atoms with van der Waals surface area (Å²) in [6.45, 7) is 2.98. The molecule has 162 valence electrons. The second kappa shape index (κ2) is 9.05. The zero-order chi connectivity index (χ0) is 21.9. The van der Waals surface area contributed by atoms with E-state index in [1.54, 1.807) is 12.1 Å². The first kappa shape index (κ1) is 20.6. The van der Waals surface area contributed by atoms with E-state index in [-0.39, 0.29) is 5.82 Å². The van der Waals surface area contributed by atoms with Crippen LogP contribution in [0.5, 0.6) is 0 Å². The van der Waals surface area contributed by atoms with Gasteiger partial charge >= 0.3 is 0 Å². The van der Waals surface area contributed by atoms with E-state index in [4.69, 9.17) is 0 Å². The van der Waals surface area contributed by atoms with Crippen LogP contribution in [0.15, 0.2) is 85.2 Å². The molecule has 5 heteroatoms. The van der Waals surface area contributed by atoms with Crippen molar-refractivity contribution in [3.8, 4) is 22.4 Å². The van der Waals surface area contributed by atoms with Crippen LogP contribution < -0.4 is 0 Å². The molecule has 2 aromatic heterocycles. The molecule has 1 aliphatic rings. The van der Waals surface area contributed by atoms with Gasteiger partial charge in [0, 0.05) is 55.3 Å². The van der Waals surface area contributed by atoms with Gasteiger partial charge in [-0.25, -0.2) is 9.37 Å². The molecule has 1 saturated heterocycles. The van der Waals surface area contributed by atoms with Crippen LogP contribution in [0.4, 0.5) is 8.78 Å². The maximum Gasteiger partial charge on any atom is 0.213 e. The number of hydrogen-bond acceptors (Lipinski definition) is 2. The summed E-state index contributed by atoms with van der Waals surface area (Å²) in [7, 11) is 0. The van der Waals surface area contributed by atoms with Crippen molar-refractivity contribution in [1.29, 1.82) is 0 Å². The third-order valence-electron chi connectivity index (χ3n) is 6.27. The van der Waals surface area contributed by atoms with Crippen LogP contribution in [0.1, 0.15) is 24.4 Å². The number of aromatic nitrogens is 2. The molecule has 3 heterocycles. The molecule has 0 spiro atoms. The van der Waals surface area contributed by atoms with E-state index in [0.29, 0.717) is 6.04 Å². The fourth-order valence-corrected chi connectivity index (χ4v) is 4.67. The Balaban J connectivity index is 1.43. The van der Waals surface area contributed by atoms with E-state index < -0.39 is 5.95 Å². The molecule has 32 heavy (non-hydrogen) atoms. The minimum absolute atomic E-state index is 0.268. The lowest BCUT2D eigenvalue weighted by Gasteiger charge is -2.34. The predicted octanol–water partition coefficient (Wildman–Crippen LogP) is 6.33. The van der Waals surface area contributed by atoms with Crippen LogP contribution >= 0.6 is 0 Å². The van der Waals surface area contributed by atoms with Crippen LogP contribution in [-0.2, 0) is 6.54 Å². The van der Waals surface area contributed by atoms with Gasteiger partial charge in [0.25, 0.3) is 0 Å². The standard InChI is InChI=1S/C27H25F2N3/c28-23-8-6-21(7-9-23)25-13-17-32(27(25)22-10-14-30-26(29)18-22)24-11-15-31(16-12-24)19-20-4-2-1-3-5-20/h1-10,13-14,17-18,24H,11-12,15-16,19H2. The largest absolute Gasteiger partial charge is 0.344 e. The summed E-state index contributed by atoms with van der Waals surface area (Å²) in [5, 5.41) is 0. The van der Waals surface area contributed by atoms with Gasteiger partial charge in [-0.05, 0) is 48.2 Å². The Morgan fingerprint density at radius 3 is 2.31 bits per heavy atom. The van der Waals surface area contributed by atoms with Crippen LogP contribution in [0.25, 0.3) is 22.4 Å². The smallest absolute Gasteiger partial charge is 0.213 e. The molecule has 0 bridgehead atoms. The minimum Gasteiger partial charge on any atom is -0.344 e. The number of rotatable bonds is 5. The number of nitrogens with zero attached hydrogens (tertiary/aromatic N) is 3. The van der Waals surface area contributed by atoms with Gasteiger partial charge in [0.15, 0.2) is 0 Å². The molecule has 0 amide bonds. The van der Waals surface area contributed by atoms with E-state index in [9.17, 15) is 8.78 Å². The lowest BCUT2D eigenvalue weighted by atomic mass is 9.99. The van der Waals surface area contributed by atoms with Gasteiger partial charge in [-0.2, -0.15) is 4.39 Å². The summed E-state index contributed by atoms with van der Waals surface area (Å²) in [6.07, 6.45) is 5.62. The third kappa shape index (κ3) is 4.34. The molecule has 1 aliphatic heterocycles. The van der Waals surface area contributed by atoms with Gasteiger partial charge in [-0.1, -0.05) is 42.5 Å². The molecule has 1 fully saturated rings. The van der Waals surface area contributed by atoms with Gasteiger partial charge < -0.3 is 4.57 Å². The highest BCUT2D eigenvalue weighted by Gasteiger charge is 2.24. The number of pyridine rings is 1. The van der Waals surface area contributed by atoms with Crippen molar-refractivity contribution in [2.45, 2.75) is 25.4 Å². The molecule has 0 N–H and O–H groups in total. The van der Waals surface area contributed by atoms with Crippen LogP contribution in [0.3, 0.4) is 0 Å². The van der Waals surface area contributed by atoms with E-state index >= 15 is 0 Å². The first-order valence-corrected chi connectivity index (χ1v) is 11.0. The van der Waals surface area contributed by atoms with Gasteiger partial charge in [-0.15, -0.1) is 0 Å². The van der Waals surface area contributed by atoms with Crippen molar-refractivity contribution >= 4 is 0 Å². The quantitative estimate of drug-likeness (QED) is 0.346. The van der Waals surface area contributed by atoms with Gasteiger partial charge in [-0.3, -0.25) is 4.90 Å². The maximum atomic E-state index is 14.0. The van der Waals surface area contributed by atoms with E-state index in [0.717, 1.165) is 54.9 Å². The molecule has 0 aliphatic carbocycles. The molecule has 5 rings (SSSR count). The van der Waals surface area contributed by atoms with Crippen LogP contribution in [0, 0.1) is 11.8 Å². The molecule has 0 atom stereocenters. The number of piperidine rings is 1. The highest BCUT2D eigenvalue weighted by molar-refractivity contribution is 5.81. The number of halogens is 2. The van der Waals surface area contributed by atoms with Crippen molar-refractivity contribution < 1.29 is 8.78 Å². The SMILES string of the molecule is Fc1ccc(-c2ccn(C3CCN(Cc4ccccc4)CC3)c2-c2ccnc(F)c2)cc1. The Hall–Kier alpha value is -3.31. The second-order valence-corrected chi connectivity index (χ2v) is 8.35. The fraction of sp³-hybridized carbons (Fsp3) is 0.222. The fourth-order valence-electron chi connectivity index (χ4n) is 4.67. The molecule has 0 radical (unpaired) electrons. The predicted molar refractivity (Wildman–Crippen MR) is 123 cm³/mol. The van der Waals surface area contributed by atoms with Crippen LogP contribution in [0.2, 0.25) is 0 Å². The highest BCUT2D eigenvalue weighted by atomic mass is 19.1. The lowest BCUT2D eigenvalue weighted by Crippen LogP contribution is -2.34. The Kier molecular flexibility index (Phi) is 5.82. The third-order valence-corrected chi connectivity index (χ3v) is 6.27. The van der Waals surface area contributed by atoms with E-state index in [1.165, 1.54) is 30.0 Å². The maximum absolute atomic E-state index is 14.0. The summed E-state index contributed by atoms with van der Waals surface area (Å²) >= 11 is 0. The summed E-state index contributed by atoms with van der Waals surface area (Å²) in [4.78, 5) is 6.21. The minimum atomic E-state index is -0.502. The molecule has 2 aromatic carbocycles. The highest BCUT2D eigenvalue weighted by Crippen LogP contribution is 2.38. The Bertz CT molecular complexity index is 1180.